The highest BCUT2D eigenvalue weighted by Gasteiger charge is 2.26. The van der Waals surface area contributed by atoms with Crippen LogP contribution in [-0.4, -0.2) is 43.4 Å². The Balaban J connectivity index is 1.55. The molecule has 6 nitrogen and oxygen atoms in total. The van der Waals surface area contributed by atoms with E-state index in [0.29, 0.717) is 6.54 Å². The molecule has 132 valence electrons. The smallest absolute Gasteiger partial charge is 0.253 e. The van der Waals surface area contributed by atoms with E-state index in [1.807, 2.05) is 59.2 Å². The summed E-state index contributed by atoms with van der Waals surface area (Å²) in [7, 11) is 1.94. The number of likely N-dealkylation sites (tertiary alicyclic amines) is 1. The fourth-order valence-corrected chi connectivity index (χ4v) is 3.46. The van der Waals surface area contributed by atoms with E-state index >= 15 is 0 Å². The van der Waals surface area contributed by atoms with E-state index in [9.17, 15) is 4.79 Å². The number of piperidine rings is 1. The molecule has 26 heavy (non-hydrogen) atoms. The molecule has 0 bridgehead atoms. The van der Waals surface area contributed by atoms with E-state index in [0.717, 1.165) is 42.2 Å². The molecule has 1 fully saturated rings. The molecule has 1 amide bonds. The lowest BCUT2D eigenvalue weighted by molar-refractivity contribution is 0.0706. The summed E-state index contributed by atoms with van der Waals surface area (Å²) >= 11 is 0. The maximum absolute atomic E-state index is 12.8. The molecule has 2 aromatic heterocycles. The Labute approximate surface area is 152 Å². The van der Waals surface area contributed by atoms with Crippen LogP contribution in [0.2, 0.25) is 0 Å². The first-order valence-electron chi connectivity index (χ1n) is 8.86. The van der Waals surface area contributed by atoms with Gasteiger partial charge in [-0.15, -0.1) is 0 Å². The predicted octanol–water partition coefficient (Wildman–Crippen LogP) is 2.90. The van der Waals surface area contributed by atoms with Gasteiger partial charge in [0.15, 0.2) is 5.82 Å². The third kappa shape index (κ3) is 3.22. The number of rotatable bonds is 3. The van der Waals surface area contributed by atoms with Crippen LogP contribution in [0, 0.1) is 0 Å². The van der Waals surface area contributed by atoms with Crippen molar-refractivity contribution in [3.63, 3.8) is 0 Å². The molecule has 0 spiro atoms. The van der Waals surface area contributed by atoms with Crippen LogP contribution in [0.15, 0.2) is 55.1 Å². The highest BCUT2D eigenvalue weighted by molar-refractivity contribution is 5.94. The Bertz CT molecular complexity index is 905. The van der Waals surface area contributed by atoms with Crippen molar-refractivity contribution in [3.8, 4) is 11.5 Å². The average molecular weight is 347 g/mol. The summed E-state index contributed by atoms with van der Waals surface area (Å²) in [6, 6.07) is 9.46. The number of benzene rings is 1. The van der Waals surface area contributed by atoms with Gasteiger partial charge in [0.1, 0.15) is 5.69 Å². The van der Waals surface area contributed by atoms with Crippen LogP contribution in [0.5, 0.6) is 0 Å². The summed E-state index contributed by atoms with van der Waals surface area (Å²) < 4.78 is 1.93. The minimum Gasteiger partial charge on any atom is -0.338 e. The Morgan fingerprint density at radius 2 is 2.04 bits per heavy atom. The lowest BCUT2D eigenvalue weighted by Crippen LogP contribution is -2.39. The molecule has 4 rings (SSSR count). The fourth-order valence-electron chi connectivity index (χ4n) is 3.46. The van der Waals surface area contributed by atoms with E-state index in [4.69, 9.17) is 4.98 Å². The van der Waals surface area contributed by atoms with Gasteiger partial charge >= 0.3 is 0 Å². The van der Waals surface area contributed by atoms with Gasteiger partial charge in [-0.3, -0.25) is 9.78 Å². The van der Waals surface area contributed by atoms with E-state index in [1.54, 1.807) is 12.4 Å². The van der Waals surface area contributed by atoms with Crippen LogP contribution >= 0.6 is 0 Å². The Hall–Kier alpha value is -3.02. The number of nitrogens with zero attached hydrogens (tertiary/aromatic N) is 5. The largest absolute Gasteiger partial charge is 0.338 e. The minimum absolute atomic E-state index is 0.0866. The first-order valence-corrected chi connectivity index (χ1v) is 8.86. The van der Waals surface area contributed by atoms with Crippen LogP contribution in [0.3, 0.4) is 0 Å². The second kappa shape index (κ2) is 7.07. The zero-order chi connectivity index (χ0) is 17.9. The first kappa shape index (κ1) is 16.4. The van der Waals surface area contributed by atoms with E-state index in [1.165, 1.54) is 0 Å². The third-order valence-electron chi connectivity index (χ3n) is 4.85. The molecule has 3 heterocycles. The minimum atomic E-state index is 0.0866. The van der Waals surface area contributed by atoms with Crippen molar-refractivity contribution in [2.24, 2.45) is 7.05 Å². The second-order valence-corrected chi connectivity index (χ2v) is 6.65. The van der Waals surface area contributed by atoms with Gasteiger partial charge < -0.3 is 9.47 Å². The molecule has 0 N–H and O–H groups in total. The summed E-state index contributed by atoms with van der Waals surface area (Å²) in [5.74, 6) is 1.08. The number of imidazole rings is 1. The van der Waals surface area contributed by atoms with Crippen molar-refractivity contribution >= 4 is 5.91 Å². The van der Waals surface area contributed by atoms with Gasteiger partial charge in [0.25, 0.3) is 5.91 Å². The number of aryl methyl sites for hydroxylation is 1. The van der Waals surface area contributed by atoms with Crippen molar-refractivity contribution in [3.05, 3.63) is 66.4 Å². The van der Waals surface area contributed by atoms with E-state index in [2.05, 4.69) is 9.97 Å². The molecular weight excluding hydrogens is 326 g/mol. The van der Waals surface area contributed by atoms with Crippen molar-refractivity contribution in [1.29, 1.82) is 0 Å². The molecule has 1 aliphatic heterocycles. The Morgan fingerprint density at radius 3 is 2.81 bits per heavy atom. The van der Waals surface area contributed by atoms with Crippen molar-refractivity contribution in [2.75, 3.05) is 13.1 Å². The summed E-state index contributed by atoms with van der Waals surface area (Å²) in [4.78, 5) is 28.2. The highest BCUT2D eigenvalue weighted by atomic mass is 16.2. The third-order valence-corrected chi connectivity index (χ3v) is 4.85. The standard InChI is InChI=1S/C20H21N5O/c1-24-11-9-22-19(24)18-13-21-12-17(23-18)16-8-5-10-25(14-16)20(26)15-6-3-2-4-7-15/h2-4,6-7,9,11-13,16H,5,8,10,14H2,1H3/t16-/m1/s1. The number of amides is 1. The molecule has 1 saturated heterocycles. The summed E-state index contributed by atoms with van der Waals surface area (Å²) in [6.07, 6.45) is 9.18. The molecule has 1 atom stereocenters. The number of carbonyl (C=O) groups is 1. The fraction of sp³-hybridized carbons (Fsp3) is 0.300. The van der Waals surface area contributed by atoms with Crippen molar-refractivity contribution < 1.29 is 4.79 Å². The van der Waals surface area contributed by atoms with Gasteiger partial charge in [-0.1, -0.05) is 18.2 Å². The Kier molecular flexibility index (Phi) is 4.48. The second-order valence-electron chi connectivity index (χ2n) is 6.65. The highest BCUT2D eigenvalue weighted by Crippen LogP contribution is 2.27. The van der Waals surface area contributed by atoms with Gasteiger partial charge in [0.05, 0.1) is 11.9 Å². The van der Waals surface area contributed by atoms with Gasteiger partial charge in [-0.05, 0) is 25.0 Å². The molecule has 0 saturated carbocycles. The zero-order valence-electron chi connectivity index (χ0n) is 14.7. The van der Waals surface area contributed by atoms with Crippen LogP contribution in [0.4, 0.5) is 0 Å². The maximum Gasteiger partial charge on any atom is 0.253 e. The summed E-state index contributed by atoms with van der Waals surface area (Å²) in [6.45, 7) is 1.46. The van der Waals surface area contributed by atoms with Gasteiger partial charge in [-0.25, -0.2) is 9.97 Å². The molecule has 6 heteroatoms. The predicted molar refractivity (Wildman–Crippen MR) is 98.6 cm³/mol. The molecule has 1 aliphatic rings. The van der Waals surface area contributed by atoms with Crippen LogP contribution in [0.1, 0.15) is 34.8 Å². The molecule has 3 aromatic rings. The van der Waals surface area contributed by atoms with Crippen LogP contribution < -0.4 is 0 Å². The lowest BCUT2D eigenvalue weighted by Gasteiger charge is -2.32. The molecule has 0 unspecified atom stereocenters. The van der Waals surface area contributed by atoms with E-state index in [-0.39, 0.29) is 11.8 Å². The van der Waals surface area contributed by atoms with Gasteiger partial charge in [0.2, 0.25) is 0 Å². The van der Waals surface area contributed by atoms with Crippen molar-refractivity contribution in [2.45, 2.75) is 18.8 Å². The number of hydrogen-bond acceptors (Lipinski definition) is 4. The molecular formula is C20H21N5O. The van der Waals surface area contributed by atoms with Gasteiger partial charge in [-0.2, -0.15) is 0 Å². The quantitative estimate of drug-likeness (QED) is 0.731. The zero-order valence-corrected chi connectivity index (χ0v) is 14.7. The van der Waals surface area contributed by atoms with E-state index < -0.39 is 0 Å². The summed E-state index contributed by atoms with van der Waals surface area (Å²) in [5.41, 5.74) is 2.43. The SMILES string of the molecule is Cn1ccnc1-c1cncc([C@@H]2CCCN(C(=O)c3ccccc3)C2)n1. The topological polar surface area (TPSA) is 63.9 Å². The first-order chi connectivity index (χ1) is 12.7. The number of carbonyl (C=O) groups excluding carboxylic acids is 1. The van der Waals surface area contributed by atoms with Gasteiger partial charge in [0, 0.05) is 50.2 Å². The Morgan fingerprint density at radius 1 is 1.19 bits per heavy atom. The maximum atomic E-state index is 12.8. The molecule has 0 radical (unpaired) electrons. The normalized spacial score (nSPS) is 17.3. The van der Waals surface area contributed by atoms with Crippen LogP contribution in [0.25, 0.3) is 11.5 Å². The monoisotopic (exact) mass is 347 g/mol. The van der Waals surface area contributed by atoms with Crippen molar-refractivity contribution in [1.82, 2.24) is 24.4 Å². The lowest BCUT2D eigenvalue weighted by atomic mass is 9.94. The number of aromatic nitrogens is 4. The molecule has 1 aromatic carbocycles. The van der Waals surface area contributed by atoms with Crippen LogP contribution in [-0.2, 0) is 7.05 Å². The average Bonchev–Trinajstić information content (AvgIpc) is 3.14. The summed E-state index contributed by atoms with van der Waals surface area (Å²) in [5, 5.41) is 0. The molecule has 0 aliphatic carbocycles. The number of hydrogen-bond donors (Lipinski definition) is 0.